The lowest BCUT2D eigenvalue weighted by Gasteiger charge is -2.13. The Bertz CT molecular complexity index is 713. The summed E-state index contributed by atoms with van der Waals surface area (Å²) in [7, 11) is 0. The highest BCUT2D eigenvalue weighted by Gasteiger charge is 2.34. The van der Waals surface area contributed by atoms with Crippen molar-refractivity contribution >= 4 is 11.6 Å². The zero-order chi connectivity index (χ0) is 15.1. The molecule has 0 saturated carbocycles. The fourth-order valence-electron chi connectivity index (χ4n) is 1.74. The van der Waals surface area contributed by atoms with Crippen molar-refractivity contribution in [2.45, 2.75) is 20.0 Å². The second-order valence-electron chi connectivity index (χ2n) is 4.09. The van der Waals surface area contributed by atoms with E-state index in [4.69, 9.17) is 16.9 Å². The summed E-state index contributed by atoms with van der Waals surface area (Å²) >= 11 is 5.86. The van der Waals surface area contributed by atoms with Crippen molar-refractivity contribution in [2.24, 2.45) is 0 Å². The first-order chi connectivity index (χ1) is 9.25. The van der Waals surface area contributed by atoms with Crippen LogP contribution in [0.15, 0.2) is 12.3 Å². The second kappa shape index (κ2) is 4.80. The SMILES string of the molecule is Cc1nc(-n2ncc(C#N)c2C)c(Cl)cc1C(F)(F)F. The first-order valence-corrected chi connectivity index (χ1v) is 5.83. The van der Waals surface area contributed by atoms with E-state index in [-0.39, 0.29) is 16.5 Å². The van der Waals surface area contributed by atoms with Gasteiger partial charge >= 0.3 is 6.18 Å². The molecule has 0 radical (unpaired) electrons. The normalized spacial score (nSPS) is 11.4. The highest BCUT2D eigenvalue weighted by atomic mass is 35.5. The lowest BCUT2D eigenvalue weighted by atomic mass is 10.2. The number of hydrogen-bond acceptors (Lipinski definition) is 3. The van der Waals surface area contributed by atoms with Gasteiger partial charge in [0.05, 0.1) is 33.7 Å². The molecule has 2 aromatic heterocycles. The van der Waals surface area contributed by atoms with Crippen LogP contribution in [0.1, 0.15) is 22.5 Å². The summed E-state index contributed by atoms with van der Waals surface area (Å²) in [6.45, 7) is 2.85. The maximum atomic E-state index is 12.7. The number of aryl methyl sites for hydroxylation is 1. The van der Waals surface area contributed by atoms with Crippen molar-refractivity contribution in [3.8, 4) is 11.9 Å². The van der Waals surface area contributed by atoms with Crippen molar-refractivity contribution in [2.75, 3.05) is 0 Å². The molecule has 0 aliphatic heterocycles. The Labute approximate surface area is 117 Å². The minimum absolute atomic E-state index is 0.0659. The first-order valence-electron chi connectivity index (χ1n) is 5.45. The van der Waals surface area contributed by atoms with Crippen molar-refractivity contribution in [1.82, 2.24) is 14.8 Å². The Morgan fingerprint density at radius 2 is 2.00 bits per heavy atom. The van der Waals surface area contributed by atoms with Crippen LogP contribution in [-0.4, -0.2) is 14.8 Å². The largest absolute Gasteiger partial charge is 0.418 e. The second-order valence-corrected chi connectivity index (χ2v) is 4.50. The zero-order valence-electron chi connectivity index (χ0n) is 10.5. The number of halogens is 4. The smallest absolute Gasteiger partial charge is 0.232 e. The van der Waals surface area contributed by atoms with Crippen LogP contribution in [-0.2, 0) is 6.18 Å². The number of nitriles is 1. The van der Waals surface area contributed by atoms with E-state index in [2.05, 4.69) is 10.1 Å². The minimum Gasteiger partial charge on any atom is -0.232 e. The molecule has 8 heteroatoms. The van der Waals surface area contributed by atoms with E-state index in [1.807, 2.05) is 6.07 Å². The van der Waals surface area contributed by atoms with Gasteiger partial charge in [-0.15, -0.1) is 0 Å². The molecule has 2 rings (SSSR count). The Morgan fingerprint density at radius 3 is 2.50 bits per heavy atom. The van der Waals surface area contributed by atoms with E-state index >= 15 is 0 Å². The molecule has 0 aliphatic carbocycles. The molecular formula is C12H8ClF3N4. The summed E-state index contributed by atoms with van der Waals surface area (Å²) in [4.78, 5) is 3.86. The van der Waals surface area contributed by atoms with Gasteiger partial charge in [0.25, 0.3) is 0 Å². The molecule has 20 heavy (non-hydrogen) atoms. The third-order valence-electron chi connectivity index (χ3n) is 2.78. The van der Waals surface area contributed by atoms with Crippen molar-refractivity contribution in [3.63, 3.8) is 0 Å². The molecule has 0 aliphatic rings. The molecule has 104 valence electrons. The van der Waals surface area contributed by atoms with Gasteiger partial charge in [0, 0.05) is 0 Å². The van der Waals surface area contributed by atoms with Gasteiger partial charge in [0.2, 0.25) is 0 Å². The molecular weight excluding hydrogens is 293 g/mol. The van der Waals surface area contributed by atoms with Crippen LogP contribution < -0.4 is 0 Å². The maximum Gasteiger partial charge on any atom is 0.418 e. The summed E-state index contributed by atoms with van der Waals surface area (Å²) in [6, 6.07) is 2.73. The Hall–Kier alpha value is -2.07. The number of hydrogen-bond donors (Lipinski definition) is 0. The quantitative estimate of drug-likeness (QED) is 0.811. The Kier molecular flexibility index (Phi) is 3.44. The standard InChI is InChI=1S/C12H8ClF3N4/c1-6-9(12(14,15)16)3-10(13)11(19-6)20-7(2)8(4-17)5-18-20/h3,5H,1-2H3. The van der Waals surface area contributed by atoms with Crippen LogP contribution in [0.2, 0.25) is 5.02 Å². The third kappa shape index (κ3) is 2.34. The van der Waals surface area contributed by atoms with Crippen LogP contribution in [0.3, 0.4) is 0 Å². The molecule has 0 spiro atoms. The first kappa shape index (κ1) is 14.3. The van der Waals surface area contributed by atoms with Gasteiger partial charge in [-0.2, -0.15) is 23.5 Å². The van der Waals surface area contributed by atoms with Crippen molar-refractivity contribution in [3.05, 3.63) is 39.8 Å². The third-order valence-corrected chi connectivity index (χ3v) is 3.06. The van der Waals surface area contributed by atoms with Crippen LogP contribution >= 0.6 is 11.6 Å². The molecule has 0 N–H and O–H groups in total. The molecule has 0 bridgehead atoms. The van der Waals surface area contributed by atoms with Gasteiger partial charge in [-0.3, -0.25) is 0 Å². The summed E-state index contributed by atoms with van der Waals surface area (Å²) in [5, 5.41) is 12.6. The van der Waals surface area contributed by atoms with Crippen LogP contribution in [0.4, 0.5) is 13.2 Å². The number of alkyl halides is 3. The Balaban J connectivity index is 2.63. The summed E-state index contributed by atoms with van der Waals surface area (Å²) in [5.41, 5.74) is -0.330. The number of pyridine rings is 1. The van der Waals surface area contributed by atoms with Gasteiger partial charge in [-0.25, -0.2) is 9.67 Å². The lowest BCUT2D eigenvalue weighted by molar-refractivity contribution is -0.138. The van der Waals surface area contributed by atoms with Gasteiger partial charge in [0.1, 0.15) is 6.07 Å². The van der Waals surface area contributed by atoms with Crippen LogP contribution in [0.25, 0.3) is 5.82 Å². The molecule has 0 amide bonds. The molecule has 0 aromatic carbocycles. The molecule has 0 saturated heterocycles. The van der Waals surface area contributed by atoms with E-state index < -0.39 is 11.7 Å². The maximum absolute atomic E-state index is 12.7. The van der Waals surface area contributed by atoms with Gasteiger partial charge < -0.3 is 0 Å². The average molecular weight is 301 g/mol. The summed E-state index contributed by atoms with van der Waals surface area (Å²) in [5.74, 6) is 0.0659. The van der Waals surface area contributed by atoms with E-state index in [1.54, 1.807) is 6.92 Å². The van der Waals surface area contributed by atoms with Crippen molar-refractivity contribution < 1.29 is 13.2 Å². The highest BCUT2D eigenvalue weighted by molar-refractivity contribution is 6.32. The van der Waals surface area contributed by atoms with Crippen LogP contribution in [0, 0.1) is 25.2 Å². The monoisotopic (exact) mass is 300 g/mol. The minimum atomic E-state index is -4.52. The highest BCUT2D eigenvalue weighted by Crippen LogP contribution is 2.34. The van der Waals surface area contributed by atoms with E-state index in [0.717, 1.165) is 6.07 Å². The van der Waals surface area contributed by atoms with Gasteiger partial charge in [0.15, 0.2) is 5.82 Å². The van der Waals surface area contributed by atoms with E-state index in [0.29, 0.717) is 11.3 Å². The summed E-state index contributed by atoms with van der Waals surface area (Å²) in [6.07, 6.45) is -3.21. The molecule has 0 atom stereocenters. The Morgan fingerprint density at radius 1 is 1.35 bits per heavy atom. The number of rotatable bonds is 1. The predicted octanol–water partition coefficient (Wildman–Crippen LogP) is 3.43. The van der Waals surface area contributed by atoms with E-state index in [1.165, 1.54) is 17.8 Å². The molecule has 0 unspecified atom stereocenters. The fourth-order valence-corrected chi connectivity index (χ4v) is 1.97. The van der Waals surface area contributed by atoms with Gasteiger partial charge in [-0.05, 0) is 19.9 Å². The van der Waals surface area contributed by atoms with E-state index in [9.17, 15) is 13.2 Å². The molecule has 0 fully saturated rings. The predicted molar refractivity (Wildman–Crippen MR) is 65.6 cm³/mol. The average Bonchev–Trinajstić information content (AvgIpc) is 2.71. The molecule has 2 heterocycles. The molecule has 2 aromatic rings. The zero-order valence-corrected chi connectivity index (χ0v) is 11.2. The summed E-state index contributed by atoms with van der Waals surface area (Å²) < 4.78 is 39.5. The molecule has 4 nitrogen and oxygen atoms in total. The van der Waals surface area contributed by atoms with Crippen molar-refractivity contribution in [1.29, 1.82) is 5.26 Å². The number of aromatic nitrogens is 3. The lowest BCUT2D eigenvalue weighted by Crippen LogP contribution is -2.12. The van der Waals surface area contributed by atoms with Crippen LogP contribution in [0.5, 0.6) is 0 Å². The topological polar surface area (TPSA) is 54.5 Å². The fraction of sp³-hybridized carbons (Fsp3) is 0.250. The van der Waals surface area contributed by atoms with Gasteiger partial charge in [-0.1, -0.05) is 11.6 Å². The number of nitrogens with zero attached hydrogens (tertiary/aromatic N) is 4.